The third-order valence-electron chi connectivity index (χ3n) is 3.58. The summed E-state index contributed by atoms with van der Waals surface area (Å²) in [7, 11) is -3.57. The van der Waals surface area contributed by atoms with Crippen molar-refractivity contribution in [1.82, 2.24) is 4.31 Å². The monoisotopic (exact) mass is 392 g/mol. The molecule has 0 saturated heterocycles. The molecule has 144 valence electrons. The molecule has 1 rings (SSSR count). The van der Waals surface area contributed by atoms with Crippen molar-refractivity contribution in [3.8, 4) is 0 Å². The van der Waals surface area contributed by atoms with E-state index in [0.717, 1.165) is 0 Å². The van der Waals surface area contributed by atoms with Crippen LogP contribution in [0.3, 0.4) is 0 Å². The van der Waals surface area contributed by atoms with Crippen LogP contribution in [0.1, 0.15) is 33.6 Å². The van der Waals surface area contributed by atoms with Crippen molar-refractivity contribution in [3.63, 3.8) is 0 Å². The van der Waals surface area contributed by atoms with Crippen LogP contribution in [0.2, 0.25) is 0 Å². The van der Waals surface area contributed by atoms with Crippen LogP contribution >= 0.6 is 12.4 Å². The minimum Gasteiger partial charge on any atom is -0.384 e. The van der Waals surface area contributed by atoms with Crippen LogP contribution in [0.4, 0.5) is 11.4 Å². The lowest BCUT2D eigenvalue weighted by atomic mass is 10.2. The van der Waals surface area contributed by atoms with Gasteiger partial charge in [0.1, 0.15) is 0 Å². The maximum atomic E-state index is 12.6. The van der Waals surface area contributed by atoms with Crippen molar-refractivity contribution < 1.29 is 13.2 Å². The first-order chi connectivity index (χ1) is 11.4. The van der Waals surface area contributed by atoms with E-state index >= 15 is 0 Å². The summed E-state index contributed by atoms with van der Waals surface area (Å²) >= 11 is 0. The molecule has 0 aliphatic heterocycles. The van der Waals surface area contributed by atoms with Gasteiger partial charge in [0.15, 0.2) is 0 Å². The first-order valence-electron chi connectivity index (χ1n) is 8.28. The summed E-state index contributed by atoms with van der Waals surface area (Å²) in [5, 5.41) is 5.90. The largest absolute Gasteiger partial charge is 0.384 e. The Morgan fingerprint density at radius 3 is 2.32 bits per heavy atom. The first kappa shape index (κ1) is 23.6. The number of nitrogens with two attached hydrogens (primary N) is 1. The van der Waals surface area contributed by atoms with Crippen molar-refractivity contribution >= 4 is 39.7 Å². The first-order valence-corrected chi connectivity index (χ1v) is 9.72. The lowest BCUT2D eigenvalue weighted by molar-refractivity contribution is -0.116. The smallest absolute Gasteiger partial charge is 0.243 e. The molecule has 0 aliphatic carbocycles. The molecular formula is C16H29ClN4O3S. The number of carbonyl (C=O) groups excluding carboxylic acids is 1. The highest BCUT2D eigenvalue weighted by Gasteiger charge is 2.23. The lowest BCUT2D eigenvalue weighted by Gasteiger charge is -2.20. The maximum Gasteiger partial charge on any atom is 0.243 e. The van der Waals surface area contributed by atoms with E-state index in [9.17, 15) is 13.2 Å². The number of amides is 1. The van der Waals surface area contributed by atoms with Gasteiger partial charge in [-0.25, -0.2) is 8.42 Å². The van der Waals surface area contributed by atoms with Gasteiger partial charge in [-0.15, -0.1) is 12.4 Å². The Morgan fingerprint density at radius 2 is 1.80 bits per heavy atom. The number of carbonyl (C=O) groups is 1. The van der Waals surface area contributed by atoms with Crippen molar-refractivity contribution in [2.24, 2.45) is 5.73 Å². The number of anilines is 2. The van der Waals surface area contributed by atoms with Gasteiger partial charge < -0.3 is 16.4 Å². The van der Waals surface area contributed by atoms with Crippen molar-refractivity contribution in [1.29, 1.82) is 0 Å². The lowest BCUT2D eigenvalue weighted by Crippen LogP contribution is -2.30. The molecule has 9 heteroatoms. The van der Waals surface area contributed by atoms with E-state index in [1.54, 1.807) is 26.0 Å². The summed E-state index contributed by atoms with van der Waals surface area (Å²) in [6.45, 7) is 7.41. The Hall–Kier alpha value is -1.35. The van der Waals surface area contributed by atoms with E-state index in [1.807, 2.05) is 6.92 Å². The highest BCUT2D eigenvalue weighted by atomic mass is 35.5. The van der Waals surface area contributed by atoms with Crippen LogP contribution in [0.5, 0.6) is 0 Å². The van der Waals surface area contributed by atoms with E-state index in [0.29, 0.717) is 50.4 Å². The van der Waals surface area contributed by atoms with Crippen LogP contribution in [-0.2, 0) is 14.8 Å². The maximum absolute atomic E-state index is 12.6. The predicted molar refractivity (Wildman–Crippen MR) is 105 cm³/mol. The van der Waals surface area contributed by atoms with Gasteiger partial charge in [0.05, 0.1) is 16.3 Å². The van der Waals surface area contributed by atoms with Crippen LogP contribution in [0.25, 0.3) is 0 Å². The fourth-order valence-electron chi connectivity index (χ4n) is 2.32. The number of halogens is 1. The molecule has 0 bridgehead atoms. The van der Waals surface area contributed by atoms with E-state index in [1.165, 1.54) is 10.4 Å². The summed E-state index contributed by atoms with van der Waals surface area (Å²) in [5.74, 6) is -0.183. The second-order valence-corrected chi connectivity index (χ2v) is 7.21. The van der Waals surface area contributed by atoms with Crippen LogP contribution < -0.4 is 16.4 Å². The number of benzene rings is 1. The van der Waals surface area contributed by atoms with Gasteiger partial charge >= 0.3 is 0 Å². The molecule has 0 heterocycles. The number of hydrogen-bond acceptors (Lipinski definition) is 5. The highest BCUT2D eigenvalue weighted by molar-refractivity contribution is 7.89. The Kier molecular flexibility index (Phi) is 10.7. The summed E-state index contributed by atoms with van der Waals surface area (Å²) in [6.07, 6.45) is 0.884. The molecule has 25 heavy (non-hydrogen) atoms. The van der Waals surface area contributed by atoms with E-state index in [4.69, 9.17) is 5.73 Å². The number of rotatable bonds is 10. The van der Waals surface area contributed by atoms with E-state index < -0.39 is 10.0 Å². The number of nitrogens with one attached hydrogen (secondary N) is 2. The minimum atomic E-state index is -3.57. The van der Waals surface area contributed by atoms with Crippen molar-refractivity contribution in [3.05, 3.63) is 18.2 Å². The van der Waals surface area contributed by atoms with Crippen molar-refractivity contribution in [2.75, 3.05) is 36.8 Å². The predicted octanol–water partition coefficient (Wildman–Crippen LogP) is 2.25. The van der Waals surface area contributed by atoms with Gasteiger partial charge in [-0.2, -0.15) is 4.31 Å². The second-order valence-electron chi connectivity index (χ2n) is 5.27. The quantitative estimate of drug-likeness (QED) is 0.566. The minimum absolute atomic E-state index is 0. The van der Waals surface area contributed by atoms with Gasteiger partial charge in [0.25, 0.3) is 0 Å². The Labute approximate surface area is 156 Å². The molecule has 0 radical (unpaired) electrons. The van der Waals surface area contributed by atoms with Gasteiger partial charge in [-0.1, -0.05) is 13.8 Å². The normalized spacial score (nSPS) is 11.1. The van der Waals surface area contributed by atoms with Crippen molar-refractivity contribution in [2.45, 2.75) is 38.5 Å². The third kappa shape index (κ3) is 6.47. The number of nitrogens with zero attached hydrogens (tertiary/aromatic N) is 1. The molecule has 0 atom stereocenters. The van der Waals surface area contributed by atoms with Gasteiger partial charge in [-0.05, 0) is 38.1 Å². The van der Waals surface area contributed by atoms with Gasteiger partial charge in [-0.3, -0.25) is 4.79 Å². The summed E-state index contributed by atoms with van der Waals surface area (Å²) < 4.78 is 26.7. The zero-order valence-electron chi connectivity index (χ0n) is 15.0. The fraction of sp³-hybridized carbons (Fsp3) is 0.562. The van der Waals surface area contributed by atoms with E-state index in [-0.39, 0.29) is 23.2 Å². The Morgan fingerprint density at radius 1 is 1.16 bits per heavy atom. The molecule has 1 aromatic rings. The van der Waals surface area contributed by atoms with Crippen LogP contribution in [-0.4, -0.2) is 44.8 Å². The Bertz CT molecular complexity index is 649. The highest BCUT2D eigenvalue weighted by Crippen LogP contribution is 2.27. The topological polar surface area (TPSA) is 105 Å². The second kappa shape index (κ2) is 11.3. The molecule has 0 aliphatic rings. The zero-order valence-corrected chi connectivity index (χ0v) is 16.7. The number of sulfonamides is 1. The Balaban J connectivity index is 0.00000576. The molecule has 1 amide bonds. The molecule has 0 fully saturated rings. The molecular weight excluding hydrogens is 364 g/mol. The van der Waals surface area contributed by atoms with Gasteiger partial charge in [0, 0.05) is 26.1 Å². The molecule has 0 unspecified atom stereocenters. The average molecular weight is 393 g/mol. The molecule has 4 N–H and O–H groups in total. The summed E-state index contributed by atoms with van der Waals surface area (Å²) in [5.41, 5.74) is 6.57. The third-order valence-corrected chi connectivity index (χ3v) is 5.63. The zero-order chi connectivity index (χ0) is 18.2. The standard InChI is InChI=1S/C16H28N4O3S.ClH/c1-4-18-14-10-9-13(24(22,23)20(5-2)6-3)12-15(14)19-16(21)8-7-11-17;/h9-10,12,18H,4-8,11,17H2,1-3H3,(H,19,21);1H. The molecule has 0 spiro atoms. The van der Waals surface area contributed by atoms with Crippen LogP contribution in [0.15, 0.2) is 23.1 Å². The van der Waals surface area contributed by atoms with E-state index in [2.05, 4.69) is 10.6 Å². The summed E-state index contributed by atoms with van der Waals surface area (Å²) in [4.78, 5) is 12.1. The number of hydrogen-bond donors (Lipinski definition) is 3. The van der Waals surface area contributed by atoms with Gasteiger partial charge in [0.2, 0.25) is 15.9 Å². The molecule has 0 saturated carbocycles. The fourth-order valence-corrected chi connectivity index (χ4v) is 3.80. The summed E-state index contributed by atoms with van der Waals surface area (Å²) in [6, 6.07) is 4.74. The molecule has 7 nitrogen and oxygen atoms in total. The molecule has 1 aromatic carbocycles. The molecule has 0 aromatic heterocycles. The average Bonchev–Trinajstić information content (AvgIpc) is 2.55. The van der Waals surface area contributed by atoms with Crippen LogP contribution in [0, 0.1) is 0 Å². The SMILES string of the molecule is CCNc1ccc(S(=O)(=O)N(CC)CC)cc1NC(=O)CCCN.Cl.